The van der Waals surface area contributed by atoms with Gasteiger partial charge in [-0.2, -0.15) is 5.10 Å². The summed E-state index contributed by atoms with van der Waals surface area (Å²) in [4.78, 5) is 11.8. The standard InChI is InChI=1S/C15H21N3O/c1-11-8-9-12(2)14(10-11)16-15(19)18-17-13-6-4-3-5-7-13/h8-10H,3-7H2,1-2H3,(H2,16,18,19). The molecule has 0 radical (unpaired) electrons. The van der Waals surface area contributed by atoms with Crippen LogP contribution < -0.4 is 10.7 Å². The van der Waals surface area contributed by atoms with Crippen LogP contribution in [-0.4, -0.2) is 11.7 Å². The summed E-state index contributed by atoms with van der Waals surface area (Å²) in [5.41, 5.74) is 6.69. The Morgan fingerprint density at radius 1 is 1.16 bits per heavy atom. The molecule has 19 heavy (non-hydrogen) atoms. The van der Waals surface area contributed by atoms with E-state index < -0.39 is 0 Å². The Morgan fingerprint density at radius 2 is 1.89 bits per heavy atom. The molecule has 4 nitrogen and oxygen atoms in total. The van der Waals surface area contributed by atoms with Gasteiger partial charge in [0.05, 0.1) is 0 Å². The zero-order chi connectivity index (χ0) is 13.7. The third-order valence-corrected chi connectivity index (χ3v) is 3.39. The normalized spacial score (nSPS) is 14.9. The fourth-order valence-electron chi connectivity index (χ4n) is 2.22. The first-order valence-corrected chi connectivity index (χ1v) is 6.85. The van der Waals surface area contributed by atoms with Crippen molar-refractivity contribution in [2.45, 2.75) is 46.0 Å². The first-order valence-electron chi connectivity index (χ1n) is 6.85. The van der Waals surface area contributed by atoms with Crippen LogP contribution in [0.25, 0.3) is 0 Å². The second kappa shape index (κ2) is 6.36. The molecule has 0 atom stereocenters. The number of nitrogens with one attached hydrogen (secondary N) is 2. The molecule has 1 saturated carbocycles. The molecule has 2 rings (SSSR count). The summed E-state index contributed by atoms with van der Waals surface area (Å²) in [6.45, 7) is 3.98. The second-order valence-corrected chi connectivity index (χ2v) is 5.12. The summed E-state index contributed by atoms with van der Waals surface area (Å²) in [7, 11) is 0. The largest absolute Gasteiger partial charge is 0.339 e. The number of amides is 2. The van der Waals surface area contributed by atoms with E-state index >= 15 is 0 Å². The molecule has 1 fully saturated rings. The fraction of sp³-hybridized carbons (Fsp3) is 0.467. The van der Waals surface area contributed by atoms with Crippen molar-refractivity contribution in [3.63, 3.8) is 0 Å². The lowest BCUT2D eigenvalue weighted by molar-refractivity contribution is 0.252. The molecule has 0 aromatic heterocycles. The number of rotatable bonds is 2. The maximum Gasteiger partial charge on any atom is 0.339 e. The third-order valence-electron chi connectivity index (χ3n) is 3.39. The number of hydrazone groups is 1. The molecule has 2 amide bonds. The van der Waals surface area contributed by atoms with Crippen LogP contribution in [0.2, 0.25) is 0 Å². The predicted molar refractivity (Wildman–Crippen MR) is 78.6 cm³/mol. The highest BCUT2D eigenvalue weighted by Crippen LogP contribution is 2.16. The second-order valence-electron chi connectivity index (χ2n) is 5.12. The van der Waals surface area contributed by atoms with Gasteiger partial charge in [0.2, 0.25) is 0 Å². The average molecular weight is 259 g/mol. The van der Waals surface area contributed by atoms with Gasteiger partial charge in [-0.05, 0) is 56.7 Å². The number of hydrogen-bond donors (Lipinski definition) is 2. The monoisotopic (exact) mass is 259 g/mol. The van der Waals surface area contributed by atoms with Crippen molar-refractivity contribution < 1.29 is 4.79 Å². The predicted octanol–water partition coefficient (Wildman–Crippen LogP) is 3.75. The highest BCUT2D eigenvalue weighted by Gasteiger charge is 2.08. The van der Waals surface area contributed by atoms with Crippen LogP contribution in [0.1, 0.15) is 43.2 Å². The molecule has 0 bridgehead atoms. The summed E-state index contributed by atoms with van der Waals surface area (Å²) in [5.74, 6) is 0. The topological polar surface area (TPSA) is 53.5 Å². The SMILES string of the molecule is Cc1ccc(C)c(NC(=O)NN=C2CCCCC2)c1. The Balaban J connectivity index is 1.92. The molecule has 1 aliphatic rings. The highest BCUT2D eigenvalue weighted by molar-refractivity contribution is 5.92. The van der Waals surface area contributed by atoms with Crippen LogP contribution in [0.3, 0.4) is 0 Å². The van der Waals surface area contributed by atoms with Gasteiger partial charge in [0.25, 0.3) is 0 Å². The van der Waals surface area contributed by atoms with E-state index in [4.69, 9.17) is 0 Å². The molecule has 1 aromatic rings. The van der Waals surface area contributed by atoms with Gasteiger partial charge in [-0.1, -0.05) is 18.6 Å². The molecule has 0 unspecified atom stereocenters. The number of aryl methyl sites for hydroxylation is 2. The molecule has 0 spiro atoms. The van der Waals surface area contributed by atoms with Crippen molar-refractivity contribution in [1.82, 2.24) is 5.43 Å². The summed E-state index contributed by atoms with van der Waals surface area (Å²) < 4.78 is 0. The molecule has 1 aromatic carbocycles. The van der Waals surface area contributed by atoms with Crippen LogP contribution in [0.5, 0.6) is 0 Å². The summed E-state index contributed by atoms with van der Waals surface area (Å²) in [6, 6.07) is 5.72. The zero-order valence-electron chi connectivity index (χ0n) is 11.6. The quantitative estimate of drug-likeness (QED) is 0.781. The van der Waals surface area contributed by atoms with Gasteiger partial charge in [0.1, 0.15) is 0 Å². The maximum absolute atomic E-state index is 11.8. The highest BCUT2D eigenvalue weighted by atomic mass is 16.2. The minimum absolute atomic E-state index is 0.272. The Labute approximate surface area is 114 Å². The minimum atomic E-state index is -0.272. The molecule has 0 heterocycles. The van der Waals surface area contributed by atoms with Gasteiger partial charge >= 0.3 is 6.03 Å². The fourth-order valence-corrected chi connectivity index (χ4v) is 2.22. The molecule has 1 aliphatic carbocycles. The summed E-state index contributed by atoms with van der Waals surface area (Å²) in [6.07, 6.45) is 5.64. The van der Waals surface area contributed by atoms with E-state index in [0.29, 0.717) is 0 Å². The third kappa shape index (κ3) is 4.09. The number of carbonyl (C=O) groups excluding carboxylic acids is 1. The van der Waals surface area contributed by atoms with Gasteiger partial charge in [-0.15, -0.1) is 0 Å². The van der Waals surface area contributed by atoms with Crippen molar-refractivity contribution >= 4 is 17.4 Å². The maximum atomic E-state index is 11.8. The molecule has 102 valence electrons. The van der Waals surface area contributed by atoms with Crippen LogP contribution in [-0.2, 0) is 0 Å². The van der Waals surface area contributed by atoms with E-state index in [1.165, 1.54) is 19.3 Å². The Morgan fingerprint density at radius 3 is 2.63 bits per heavy atom. The van der Waals surface area contributed by atoms with Gasteiger partial charge in [-0.25, -0.2) is 10.2 Å². The number of benzene rings is 1. The molecule has 2 N–H and O–H groups in total. The lowest BCUT2D eigenvalue weighted by Crippen LogP contribution is -2.26. The first-order chi connectivity index (χ1) is 9.15. The summed E-state index contributed by atoms with van der Waals surface area (Å²) in [5, 5.41) is 7.02. The van der Waals surface area contributed by atoms with Crippen LogP contribution in [0.4, 0.5) is 10.5 Å². The van der Waals surface area contributed by atoms with E-state index in [1.807, 2.05) is 32.0 Å². The van der Waals surface area contributed by atoms with Gasteiger partial charge < -0.3 is 5.32 Å². The van der Waals surface area contributed by atoms with E-state index in [2.05, 4.69) is 15.8 Å². The number of carbonyl (C=O) groups is 1. The van der Waals surface area contributed by atoms with Crippen molar-refractivity contribution in [2.75, 3.05) is 5.32 Å². The van der Waals surface area contributed by atoms with Gasteiger partial charge in [-0.3, -0.25) is 0 Å². The number of urea groups is 1. The molecule has 4 heteroatoms. The number of hydrogen-bond acceptors (Lipinski definition) is 2. The Bertz CT molecular complexity index is 486. The zero-order valence-corrected chi connectivity index (χ0v) is 11.6. The van der Waals surface area contributed by atoms with Gasteiger partial charge in [0, 0.05) is 11.4 Å². The van der Waals surface area contributed by atoms with Crippen molar-refractivity contribution in [3.8, 4) is 0 Å². The van der Waals surface area contributed by atoms with Gasteiger partial charge in [0.15, 0.2) is 0 Å². The number of anilines is 1. The van der Waals surface area contributed by atoms with Crippen molar-refractivity contribution in [2.24, 2.45) is 5.10 Å². The molecule has 0 aliphatic heterocycles. The molecule has 0 saturated heterocycles. The van der Waals surface area contributed by atoms with Crippen LogP contribution >= 0.6 is 0 Å². The van der Waals surface area contributed by atoms with Crippen LogP contribution in [0, 0.1) is 13.8 Å². The van der Waals surface area contributed by atoms with E-state index in [1.54, 1.807) is 0 Å². The Kier molecular flexibility index (Phi) is 4.55. The molecular weight excluding hydrogens is 238 g/mol. The van der Waals surface area contributed by atoms with Crippen molar-refractivity contribution in [3.05, 3.63) is 29.3 Å². The van der Waals surface area contributed by atoms with E-state index in [9.17, 15) is 4.79 Å². The first kappa shape index (κ1) is 13.6. The van der Waals surface area contributed by atoms with E-state index in [-0.39, 0.29) is 6.03 Å². The minimum Gasteiger partial charge on any atom is -0.306 e. The summed E-state index contributed by atoms with van der Waals surface area (Å²) >= 11 is 0. The average Bonchev–Trinajstić information content (AvgIpc) is 2.42. The van der Waals surface area contributed by atoms with Crippen molar-refractivity contribution in [1.29, 1.82) is 0 Å². The number of nitrogens with zero attached hydrogens (tertiary/aromatic N) is 1. The van der Waals surface area contributed by atoms with E-state index in [0.717, 1.165) is 35.4 Å². The Hall–Kier alpha value is -1.84. The lowest BCUT2D eigenvalue weighted by Gasteiger charge is -2.13. The smallest absolute Gasteiger partial charge is 0.306 e. The molecular formula is C15H21N3O. The van der Waals surface area contributed by atoms with Crippen LogP contribution in [0.15, 0.2) is 23.3 Å². The lowest BCUT2D eigenvalue weighted by atomic mass is 9.99.